The molecule has 0 spiro atoms. The van der Waals surface area contributed by atoms with Crippen molar-refractivity contribution in [2.45, 2.75) is 19.8 Å². The van der Waals surface area contributed by atoms with Crippen LogP contribution in [-0.4, -0.2) is 31.6 Å². The van der Waals surface area contributed by atoms with Gasteiger partial charge in [0.05, 0.1) is 13.4 Å². The molecule has 2 heteroatoms. The second kappa shape index (κ2) is 4.39. The molecular formula is C9H17NO. The molecule has 64 valence electrons. The van der Waals surface area contributed by atoms with Gasteiger partial charge in [0, 0.05) is 6.54 Å². The van der Waals surface area contributed by atoms with Gasteiger partial charge in [0.25, 0.3) is 0 Å². The zero-order valence-electron chi connectivity index (χ0n) is 7.47. The number of hydrogen-bond donors (Lipinski definition) is 0. The summed E-state index contributed by atoms with van der Waals surface area (Å²) in [7, 11) is 1.72. The summed E-state index contributed by atoms with van der Waals surface area (Å²) in [6, 6.07) is 0. The summed E-state index contributed by atoms with van der Waals surface area (Å²) in [4.78, 5) is 2.44. The monoisotopic (exact) mass is 155 g/mol. The lowest BCUT2D eigenvalue weighted by Gasteiger charge is -2.26. The highest BCUT2D eigenvalue weighted by Gasteiger charge is 2.11. The van der Waals surface area contributed by atoms with E-state index in [2.05, 4.69) is 11.8 Å². The molecule has 0 aliphatic carbocycles. The molecule has 1 saturated heterocycles. The second-order valence-corrected chi connectivity index (χ2v) is 2.98. The number of ether oxygens (including phenoxy) is 1. The number of rotatable bonds is 2. The molecule has 0 saturated carbocycles. The molecule has 1 heterocycles. The van der Waals surface area contributed by atoms with E-state index < -0.39 is 0 Å². The minimum absolute atomic E-state index is 1.10. The SMILES string of the molecule is CCN1CCCC(=COC)C1. The lowest BCUT2D eigenvalue weighted by Crippen LogP contribution is -2.30. The van der Waals surface area contributed by atoms with Gasteiger partial charge in [-0.3, -0.25) is 4.90 Å². The van der Waals surface area contributed by atoms with Gasteiger partial charge in [0.15, 0.2) is 0 Å². The van der Waals surface area contributed by atoms with Crippen LogP contribution >= 0.6 is 0 Å². The van der Waals surface area contributed by atoms with Gasteiger partial charge in [-0.25, -0.2) is 0 Å². The van der Waals surface area contributed by atoms with E-state index in [0.717, 1.165) is 13.1 Å². The maximum Gasteiger partial charge on any atom is 0.0829 e. The van der Waals surface area contributed by atoms with Gasteiger partial charge in [-0.05, 0) is 31.5 Å². The minimum Gasteiger partial charge on any atom is -0.504 e. The van der Waals surface area contributed by atoms with Crippen LogP contribution in [-0.2, 0) is 4.74 Å². The fraction of sp³-hybridized carbons (Fsp3) is 0.778. The number of likely N-dealkylation sites (N-methyl/N-ethyl adjacent to an activating group) is 1. The molecule has 0 atom stereocenters. The highest BCUT2D eigenvalue weighted by atomic mass is 16.5. The average molecular weight is 155 g/mol. The van der Waals surface area contributed by atoms with Gasteiger partial charge < -0.3 is 4.74 Å². The van der Waals surface area contributed by atoms with Crippen molar-refractivity contribution in [3.05, 3.63) is 11.8 Å². The van der Waals surface area contributed by atoms with E-state index in [9.17, 15) is 0 Å². The zero-order chi connectivity index (χ0) is 8.10. The first-order valence-electron chi connectivity index (χ1n) is 4.30. The van der Waals surface area contributed by atoms with Crippen molar-refractivity contribution in [3.8, 4) is 0 Å². The number of piperidine rings is 1. The summed E-state index contributed by atoms with van der Waals surface area (Å²) in [5.74, 6) is 0. The average Bonchev–Trinajstić information content (AvgIpc) is 2.06. The molecule has 0 unspecified atom stereocenters. The van der Waals surface area contributed by atoms with Crippen LogP contribution in [0.3, 0.4) is 0 Å². The van der Waals surface area contributed by atoms with E-state index in [-0.39, 0.29) is 0 Å². The van der Waals surface area contributed by atoms with Crippen LogP contribution < -0.4 is 0 Å². The molecule has 0 N–H and O–H groups in total. The Bertz CT molecular complexity index is 142. The van der Waals surface area contributed by atoms with Crippen LogP contribution in [0.2, 0.25) is 0 Å². The molecule has 1 rings (SSSR count). The van der Waals surface area contributed by atoms with E-state index >= 15 is 0 Å². The molecular weight excluding hydrogens is 138 g/mol. The Morgan fingerprint density at radius 3 is 3.09 bits per heavy atom. The summed E-state index contributed by atoms with van der Waals surface area (Å²) in [6.45, 7) is 5.71. The van der Waals surface area contributed by atoms with E-state index in [1.807, 2.05) is 6.26 Å². The zero-order valence-corrected chi connectivity index (χ0v) is 7.47. The van der Waals surface area contributed by atoms with Crippen molar-refractivity contribution in [2.24, 2.45) is 0 Å². The molecule has 0 amide bonds. The van der Waals surface area contributed by atoms with Crippen LogP contribution in [0.5, 0.6) is 0 Å². The Labute approximate surface area is 68.8 Å². The predicted octanol–water partition coefficient (Wildman–Crippen LogP) is 1.63. The third kappa shape index (κ3) is 2.54. The van der Waals surface area contributed by atoms with E-state index in [1.54, 1.807) is 7.11 Å². The van der Waals surface area contributed by atoms with Crippen molar-refractivity contribution in [2.75, 3.05) is 26.7 Å². The van der Waals surface area contributed by atoms with Gasteiger partial charge >= 0.3 is 0 Å². The van der Waals surface area contributed by atoms with Crippen molar-refractivity contribution >= 4 is 0 Å². The molecule has 2 nitrogen and oxygen atoms in total. The van der Waals surface area contributed by atoms with Crippen LogP contribution in [0.15, 0.2) is 11.8 Å². The number of likely N-dealkylation sites (tertiary alicyclic amines) is 1. The van der Waals surface area contributed by atoms with Crippen molar-refractivity contribution in [1.29, 1.82) is 0 Å². The standard InChI is InChI=1S/C9H17NO/c1-3-10-6-4-5-9(7-10)8-11-2/h8H,3-7H2,1-2H3. The molecule has 0 aromatic rings. The Hall–Kier alpha value is -0.500. The van der Waals surface area contributed by atoms with Gasteiger partial charge in [-0.2, -0.15) is 0 Å². The lowest BCUT2D eigenvalue weighted by atomic mass is 10.1. The van der Waals surface area contributed by atoms with Crippen LogP contribution in [0, 0.1) is 0 Å². The smallest absolute Gasteiger partial charge is 0.0829 e. The van der Waals surface area contributed by atoms with Gasteiger partial charge in [-0.15, -0.1) is 0 Å². The molecule has 0 aromatic heterocycles. The molecule has 11 heavy (non-hydrogen) atoms. The normalized spacial score (nSPS) is 24.0. The summed E-state index contributed by atoms with van der Waals surface area (Å²) in [6.07, 6.45) is 4.38. The summed E-state index contributed by atoms with van der Waals surface area (Å²) in [5, 5.41) is 0. The molecule has 1 aliphatic rings. The first-order chi connectivity index (χ1) is 5.36. The van der Waals surface area contributed by atoms with E-state index in [4.69, 9.17) is 4.74 Å². The lowest BCUT2D eigenvalue weighted by molar-refractivity contribution is 0.264. The first kappa shape index (κ1) is 8.60. The summed E-state index contributed by atoms with van der Waals surface area (Å²) in [5.41, 5.74) is 1.43. The Kier molecular flexibility index (Phi) is 3.43. The Balaban J connectivity index is 2.39. The highest BCUT2D eigenvalue weighted by molar-refractivity contribution is 5.03. The number of nitrogens with zero attached hydrogens (tertiary/aromatic N) is 1. The molecule has 0 radical (unpaired) electrons. The van der Waals surface area contributed by atoms with Crippen molar-refractivity contribution in [3.63, 3.8) is 0 Å². The molecule has 1 fully saturated rings. The van der Waals surface area contributed by atoms with Crippen LogP contribution in [0.25, 0.3) is 0 Å². The van der Waals surface area contributed by atoms with Gasteiger partial charge in [-0.1, -0.05) is 6.92 Å². The van der Waals surface area contributed by atoms with E-state index in [1.165, 1.54) is 25.0 Å². The second-order valence-electron chi connectivity index (χ2n) is 2.98. The Morgan fingerprint density at radius 2 is 2.45 bits per heavy atom. The maximum atomic E-state index is 4.99. The third-order valence-electron chi connectivity index (χ3n) is 2.13. The molecule has 0 aromatic carbocycles. The topological polar surface area (TPSA) is 12.5 Å². The van der Waals surface area contributed by atoms with Gasteiger partial charge in [0.2, 0.25) is 0 Å². The van der Waals surface area contributed by atoms with Crippen LogP contribution in [0.1, 0.15) is 19.8 Å². The number of hydrogen-bond acceptors (Lipinski definition) is 2. The van der Waals surface area contributed by atoms with Gasteiger partial charge in [0.1, 0.15) is 0 Å². The largest absolute Gasteiger partial charge is 0.504 e. The number of methoxy groups -OCH3 is 1. The summed E-state index contributed by atoms with van der Waals surface area (Å²) >= 11 is 0. The predicted molar refractivity (Wildman–Crippen MR) is 46.4 cm³/mol. The summed E-state index contributed by atoms with van der Waals surface area (Å²) < 4.78 is 4.99. The minimum atomic E-state index is 1.10. The first-order valence-corrected chi connectivity index (χ1v) is 4.30. The fourth-order valence-corrected chi connectivity index (χ4v) is 1.51. The van der Waals surface area contributed by atoms with Crippen LogP contribution in [0.4, 0.5) is 0 Å². The van der Waals surface area contributed by atoms with Crippen molar-refractivity contribution in [1.82, 2.24) is 4.90 Å². The highest BCUT2D eigenvalue weighted by Crippen LogP contribution is 2.14. The maximum absolute atomic E-state index is 4.99. The Morgan fingerprint density at radius 1 is 1.64 bits per heavy atom. The van der Waals surface area contributed by atoms with Crippen molar-refractivity contribution < 1.29 is 4.74 Å². The van der Waals surface area contributed by atoms with E-state index in [0.29, 0.717) is 0 Å². The fourth-order valence-electron chi connectivity index (χ4n) is 1.51. The molecule has 0 bridgehead atoms. The quantitative estimate of drug-likeness (QED) is 0.562. The third-order valence-corrected chi connectivity index (χ3v) is 2.13. The molecule has 1 aliphatic heterocycles.